The van der Waals surface area contributed by atoms with Crippen LogP contribution < -0.4 is 5.19 Å². The van der Waals surface area contributed by atoms with Gasteiger partial charge >= 0.3 is 9.08 Å². The number of aliphatic hydroxyl groups excluding tert-OH is 3. The molecule has 1 aromatic rings. The van der Waals surface area contributed by atoms with Crippen molar-refractivity contribution in [3.05, 3.63) is 24.3 Å². The van der Waals surface area contributed by atoms with E-state index in [1.165, 1.54) is 12.1 Å². The number of aliphatic hydroxyl groups is 3. The molecule has 0 radical (unpaired) electrons. The molecule has 0 aliphatic heterocycles. The minimum atomic E-state index is -5.48. The molecule has 0 saturated carbocycles. The average molecular weight is 337 g/mol. The largest absolute Gasteiger partial charge is 0.584 e. The molecule has 0 amide bonds. The quantitative estimate of drug-likeness (QED) is 0.392. The van der Waals surface area contributed by atoms with Crippen molar-refractivity contribution in [2.45, 2.75) is 0 Å². The molecule has 3 nitrogen and oxygen atoms in total. The summed E-state index contributed by atoms with van der Waals surface area (Å²) in [6, 6.07) is 5.00. The van der Waals surface area contributed by atoms with E-state index in [0.29, 0.717) is 0 Å². The van der Waals surface area contributed by atoms with E-state index in [2.05, 4.69) is 0 Å². The van der Waals surface area contributed by atoms with Crippen LogP contribution in [0.2, 0.25) is 0 Å². The van der Waals surface area contributed by atoms with Crippen LogP contribution in [0.1, 0.15) is 0 Å². The second-order valence-electron chi connectivity index (χ2n) is 1.67. The molecule has 1 rings (SSSR count). The first-order valence-corrected chi connectivity index (χ1v) is 5.37. The predicted molar refractivity (Wildman–Crippen MR) is 55.2 cm³/mol. The summed E-state index contributed by atoms with van der Waals surface area (Å²) >= 11 is 0. The van der Waals surface area contributed by atoms with Crippen LogP contribution in [0.15, 0.2) is 24.3 Å². The Balaban J connectivity index is -0.0000000900. The Bertz CT molecular complexity index is 193. The Hall–Kier alpha value is 0.120. The standard InChI is InChI=1S/C5H4F3Si.3CH4O.Zr/c6-9(7,8)5-3-1-2-4-5;3*1-2;/h1-4H;3*2H,1H3;/q-1;;;;. The molecule has 0 fully saturated rings. The zero-order valence-corrected chi connectivity index (χ0v) is 12.7. The van der Waals surface area contributed by atoms with E-state index < -0.39 is 14.3 Å². The van der Waals surface area contributed by atoms with Gasteiger partial charge in [0.25, 0.3) is 0 Å². The van der Waals surface area contributed by atoms with E-state index >= 15 is 0 Å². The van der Waals surface area contributed by atoms with Crippen molar-refractivity contribution in [2.24, 2.45) is 0 Å². The zero-order valence-electron chi connectivity index (χ0n) is 9.28. The summed E-state index contributed by atoms with van der Waals surface area (Å²) < 4.78 is 35.3. The molecule has 0 bridgehead atoms. The Morgan fingerprint density at radius 3 is 1.19 bits per heavy atom. The zero-order chi connectivity index (χ0) is 12.9. The van der Waals surface area contributed by atoms with Gasteiger partial charge in [-0.05, 0) is 0 Å². The van der Waals surface area contributed by atoms with Crippen LogP contribution in [-0.4, -0.2) is 45.7 Å². The molecule has 16 heavy (non-hydrogen) atoms. The van der Waals surface area contributed by atoms with Crippen LogP contribution in [0.25, 0.3) is 0 Å². The second-order valence-corrected chi connectivity index (χ2v) is 3.24. The molecule has 96 valence electrons. The number of rotatable bonds is 1. The van der Waals surface area contributed by atoms with Gasteiger partial charge < -0.3 is 15.3 Å². The van der Waals surface area contributed by atoms with Crippen LogP contribution in [0.5, 0.6) is 0 Å². The maximum atomic E-state index is 11.8. The molecule has 0 aromatic heterocycles. The number of hydrogen-bond acceptors (Lipinski definition) is 3. The Morgan fingerprint density at radius 1 is 0.812 bits per heavy atom. The fourth-order valence-corrected chi connectivity index (χ4v) is 1.13. The van der Waals surface area contributed by atoms with Gasteiger partial charge in [0.15, 0.2) is 0 Å². The van der Waals surface area contributed by atoms with Crippen molar-refractivity contribution in [3.8, 4) is 0 Å². The van der Waals surface area contributed by atoms with E-state index in [9.17, 15) is 12.3 Å². The van der Waals surface area contributed by atoms with E-state index in [0.717, 1.165) is 33.5 Å². The van der Waals surface area contributed by atoms with Crippen molar-refractivity contribution in [1.82, 2.24) is 0 Å². The molecule has 0 saturated heterocycles. The van der Waals surface area contributed by atoms with Crippen molar-refractivity contribution in [2.75, 3.05) is 21.3 Å². The van der Waals surface area contributed by atoms with Gasteiger partial charge in [0.1, 0.15) is 0 Å². The molecule has 0 unspecified atom stereocenters. The normalized spacial score (nSPS) is 7.81. The van der Waals surface area contributed by atoms with Gasteiger partial charge in [0.2, 0.25) is 0 Å². The van der Waals surface area contributed by atoms with Crippen LogP contribution in [-0.2, 0) is 26.2 Å². The minimum absolute atomic E-state index is 0. The summed E-state index contributed by atoms with van der Waals surface area (Å²) in [5.74, 6) is 0. The monoisotopic (exact) mass is 335 g/mol. The molecule has 8 heteroatoms. The molecular formula is C8H16F3O3SiZr-. The van der Waals surface area contributed by atoms with Crippen molar-refractivity contribution >= 4 is 14.3 Å². The van der Waals surface area contributed by atoms with Gasteiger partial charge in [-0.2, -0.15) is 12.1 Å². The summed E-state index contributed by atoms with van der Waals surface area (Å²) in [7, 11) is -2.48. The third kappa shape index (κ3) is 14.1. The Kier molecular flexibility index (Phi) is 27.5. The molecule has 0 spiro atoms. The van der Waals surface area contributed by atoms with Crippen LogP contribution in [0.4, 0.5) is 12.3 Å². The van der Waals surface area contributed by atoms with Crippen molar-refractivity contribution < 1.29 is 53.8 Å². The summed E-state index contributed by atoms with van der Waals surface area (Å²) in [6.07, 6.45) is 0. The van der Waals surface area contributed by atoms with Crippen molar-refractivity contribution in [3.63, 3.8) is 0 Å². The predicted octanol–water partition coefficient (Wildman–Crippen LogP) is 0.283. The van der Waals surface area contributed by atoms with Gasteiger partial charge in [0.05, 0.1) is 0 Å². The smallest absolute Gasteiger partial charge is 0.400 e. The van der Waals surface area contributed by atoms with Crippen LogP contribution in [0.3, 0.4) is 0 Å². The molecule has 0 aliphatic carbocycles. The first-order valence-electron chi connectivity index (χ1n) is 3.74. The molecule has 0 aliphatic rings. The molecule has 1 aromatic carbocycles. The summed E-state index contributed by atoms with van der Waals surface area (Å²) in [6.45, 7) is 0. The van der Waals surface area contributed by atoms with Gasteiger partial charge in [-0.1, -0.05) is 5.19 Å². The fourth-order valence-electron chi connectivity index (χ4n) is 0.563. The van der Waals surface area contributed by atoms with Crippen molar-refractivity contribution in [1.29, 1.82) is 0 Å². The van der Waals surface area contributed by atoms with Gasteiger partial charge in [-0.25, -0.2) is 24.5 Å². The minimum Gasteiger partial charge on any atom is -0.400 e. The summed E-state index contributed by atoms with van der Waals surface area (Å²) in [5.41, 5.74) is 0. The van der Waals surface area contributed by atoms with Gasteiger partial charge in [0, 0.05) is 47.5 Å². The Labute approximate surface area is 114 Å². The van der Waals surface area contributed by atoms with E-state index in [1.807, 2.05) is 0 Å². The summed E-state index contributed by atoms with van der Waals surface area (Å²) in [5, 5.41) is 20.6. The maximum Gasteiger partial charge on any atom is 0.584 e. The van der Waals surface area contributed by atoms with Gasteiger partial charge in [-0.15, -0.1) is 0 Å². The number of halogens is 3. The van der Waals surface area contributed by atoms with Gasteiger partial charge in [-0.3, -0.25) is 0 Å². The van der Waals surface area contributed by atoms with E-state index in [-0.39, 0.29) is 26.2 Å². The fraction of sp³-hybridized carbons (Fsp3) is 0.375. The number of hydrogen-bond donors (Lipinski definition) is 3. The van der Waals surface area contributed by atoms with Crippen LogP contribution in [0, 0.1) is 0 Å². The topological polar surface area (TPSA) is 60.7 Å². The average Bonchev–Trinajstić information content (AvgIpc) is 2.79. The third-order valence-electron chi connectivity index (χ3n) is 0.990. The SMILES string of the molecule is CO.CO.CO.F[Si](F)(F)[c-]1cccc1.[Zr]. The molecular weight excluding hydrogens is 320 g/mol. The molecule has 3 N–H and O–H groups in total. The maximum absolute atomic E-state index is 11.8. The second kappa shape index (κ2) is 17.5. The summed E-state index contributed by atoms with van der Waals surface area (Å²) in [4.78, 5) is 0. The first kappa shape index (κ1) is 25.1. The molecule has 0 atom stereocenters. The first-order chi connectivity index (χ1) is 7.11. The Morgan fingerprint density at radius 2 is 1.06 bits per heavy atom. The van der Waals surface area contributed by atoms with E-state index in [1.54, 1.807) is 0 Å². The van der Waals surface area contributed by atoms with Crippen LogP contribution >= 0.6 is 0 Å². The van der Waals surface area contributed by atoms with E-state index in [4.69, 9.17) is 15.3 Å². The molecule has 0 heterocycles. The third-order valence-corrected chi connectivity index (χ3v) is 1.98.